The highest BCUT2D eigenvalue weighted by molar-refractivity contribution is 5.90. The van der Waals surface area contributed by atoms with Gasteiger partial charge in [-0.2, -0.15) is 0 Å². The fourth-order valence-electron chi connectivity index (χ4n) is 7.78. The Bertz CT molecular complexity index is 2730. The molecule has 0 amide bonds. The zero-order valence-corrected chi connectivity index (χ0v) is 28.9. The highest BCUT2D eigenvalue weighted by Crippen LogP contribution is 2.50. The Hall–Kier alpha value is -6.72. The first kappa shape index (κ1) is 31.3. The summed E-state index contributed by atoms with van der Waals surface area (Å²) in [6.07, 6.45) is 0. The van der Waals surface area contributed by atoms with Crippen molar-refractivity contribution < 1.29 is 0 Å². The third-order valence-electron chi connectivity index (χ3n) is 10.4. The van der Waals surface area contributed by atoms with Crippen molar-refractivity contribution in [2.75, 3.05) is 4.90 Å². The first-order valence-corrected chi connectivity index (χ1v) is 17.5. The fraction of sp³-hybridized carbons (Fsp3) is 0.0638. The summed E-state index contributed by atoms with van der Waals surface area (Å²) in [6.45, 7) is 4.57. The Kier molecular flexibility index (Phi) is 7.37. The third-order valence-corrected chi connectivity index (χ3v) is 10.4. The van der Waals surface area contributed by atoms with Crippen LogP contribution in [0.4, 0.5) is 17.1 Å². The van der Waals surface area contributed by atoms with Gasteiger partial charge < -0.3 is 4.90 Å². The van der Waals surface area contributed by atoms with E-state index in [-0.39, 0.29) is 11.0 Å². The Morgan fingerprint density at radius 3 is 1.67 bits per heavy atom. The third kappa shape index (κ3) is 5.01. The van der Waals surface area contributed by atoms with E-state index >= 15 is 0 Å². The molecule has 0 saturated carbocycles. The molecule has 52 heavy (non-hydrogen) atoms. The maximum atomic E-state index is 14.5. The van der Waals surface area contributed by atoms with Gasteiger partial charge in [-0.1, -0.05) is 123 Å². The van der Waals surface area contributed by atoms with Crippen LogP contribution >= 0.6 is 0 Å². The highest BCUT2D eigenvalue weighted by atomic mass is 16.2. The van der Waals surface area contributed by atoms with Crippen LogP contribution in [-0.2, 0) is 5.41 Å². The van der Waals surface area contributed by atoms with Crippen LogP contribution in [0.25, 0.3) is 44.5 Å². The maximum absolute atomic E-state index is 14.5. The molecule has 0 unspecified atom stereocenters. The molecule has 5 nitrogen and oxygen atoms in total. The van der Waals surface area contributed by atoms with Gasteiger partial charge in [-0.15, -0.1) is 0 Å². The van der Waals surface area contributed by atoms with Crippen LogP contribution in [0.5, 0.6) is 0 Å². The van der Waals surface area contributed by atoms with E-state index in [2.05, 4.69) is 97.6 Å². The number of benzene rings is 7. The molecule has 0 atom stereocenters. The first-order chi connectivity index (χ1) is 25.4. The zero-order chi connectivity index (χ0) is 35.4. The minimum atomic E-state index is -0.420. The van der Waals surface area contributed by atoms with E-state index in [0.29, 0.717) is 22.3 Å². The summed E-state index contributed by atoms with van der Waals surface area (Å²) in [7, 11) is 0. The van der Waals surface area contributed by atoms with Gasteiger partial charge in [0.1, 0.15) is 0 Å². The van der Waals surface area contributed by atoms with E-state index in [1.54, 1.807) is 16.7 Å². The Morgan fingerprint density at radius 1 is 0.462 bits per heavy atom. The SMILES string of the molecule is CC1(C)c2ccccc2-c2ccc(N(c3ccc(-c4ccccc4)cc3)c3ccc4c(c3)c(=O)n(-c3ccccc3)c(=O)n4-c3ccccc3)cc21. The fourth-order valence-corrected chi connectivity index (χ4v) is 7.78. The quantitative estimate of drug-likeness (QED) is 0.177. The molecule has 1 aromatic heterocycles. The average molecular weight is 674 g/mol. The summed E-state index contributed by atoms with van der Waals surface area (Å²) in [5.74, 6) is 0. The molecule has 1 heterocycles. The minimum Gasteiger partial charge on any atom is -0.310 e. The number of anilines is 3. The van der Waals surface area contributed by atoms with Crippen LogP contribution in [0, 0.1) is 0 Å². The average Bonchev–Trinajstić information content (AvgIpc) is 3.42. The number of fused-ring (bicyclic) bond motifs is 4. The van der Waals surface area contributed by atoms with E-state index in [4.69, 9.17) is 0 Å². The van der Waals surface area contributed by atoms with Gasteiger partial charge in [0, 0.05) is 22.5 Å². The normalized spacial score (nSPS) is 12.7. The summed E-state index contributed by atoms with van der Waals surface area (Å²) in [4.78, 5) is 30.9. The van der Waals surface area contributed by atoms with Crippen molar-refractivity contribution in [2.45, 2.75) is 19.3 Å². The number of aromatic nitrogens is 2. The summed E-state index contributed by atoms with van der Waals surface area (Å²) in [5.41, 5.74) is 10.8. The van der Waals surface area contributed by atoms with Gasteiger partial charge in [0.2, 0.25) is 0 Å². The van der Waals surface area contributed by atoms with Crippen molar-refractivity contribution in [3.8, 4) is 33.6 Å². The number of nitrogens with zero attached hydrogens (tertiary/aromatic N) is 3. The molecular weight excluding hydrogens is 639 g/mol. The maximum Gasteiger partial charge on any atom is 0.340 e. The Morgan fingerprint density at radius 2 is 0.981 bits per heavy atom. The molecule has 1 aliphatic rings. The van der Waals surface area contributed by atoms with Crippen LogP contribution in [0.2, 0.25) is 0 Å². The van der Waals surface area contributed by atoms with Gasteiger partial charge in [0.05, 0.1) is 22.3 Å². The molecule has 0 saturated heterocycles. The van der Waals surface area contributed by atoms with Crippen LogP contribution in [0.15, 0.2) is 186 Å². The van der Waals surface area contributed by atoms with Crippen molar-refractivity contribution in [3.05, 3.63) is 208 Å². The standard InChI is InChI=1S/C47H35N3O2/c1-47(2)42-21-13-12-20-39(42)40-28-26-38(31-43(40)47)48(36-24-22-33(23-25-36)32-14-6-3-7-15-32)37-27-29-44-41(30-37)45(51)50(35-18-10-5-11-19-35)46(52)49(44)34-16-8-4-9-17-34/h3-31H,1-2H3. The number of hydrogen-bond acceptors (Lipinski definition) is 3. The molecule has 5 heteroatoms. The predicted molar refractivity (Wildman–Crippen MR) is 213 cm³/mol. The lowest BCUT2D eigenvalue weighted by atomic mass is 9.82. The second kappa shape index (κ2) is 12.3. The Balaban J connectivity index is 1.28. The van der Waals surface area contributed by atoms with E-state index in [0.717, 1.165) is 28.2 Å². The van der Waals surface area contributed by atoms with Crippen LogP contribution < -0.4 is 16.1 Å². The molecule has 8 aromatic rings. The smallest absolute Gasteiger partial charge is 0.310 e. The molecule has 0 radical (unpaired) electrons. The molecule has 0 spiro atoms. The summed E-state index contributed by atoms with van der Waals surface area (Å²) >= 11 is 0. The molecule has 0 fully saturated rings. The van der Waals surface area contributed by atoms with Crippen LogP contribution in [-0.4, -0.2) is 9.13 Å². The Labute approximate surface area is 301 Å². The van der Waals surface area contributed by atoms with Gasteiger partial charge in [0.15, 0.2) is 0 Å². The summed E-state index contributed by atoms with van der Waals surface area (Å²) in [5, 5.41) is 0.435. The van der Waals surface area contributed by atoms with Crippen LogP contribution in [0.1, 0.15) is 25.0 Å². The molecular formula is C47H35N3O2. The van der Waals surface area contributed by atoms with Gasteiger partial charge in [0.25, 0.3) is 5.56 Å². The second-order valence-electron chi connectivity index (χ2n) is 13.8. The molecule has 9 rings (SSSR count). The lowest BCUT2D eigenvalue weighted by Gasteiger charge is -2.28. The van der Waals surface area contributed by atoms with Crippen molar-refractivity contribution in [3.63, 3.8) is 0 Å². The molecule has 0 N–H and O–H groups in total. The van der Waals surface area contributed by atoms with Crippen molar-refractivity contribution in [1.82, 2.24) is 9.13 Å². The van der Waals surface area contributed by atoms with Crippen molar-refractivity contribution in [2.24, 2.45) is 0 Å². The van der Waals surface area contributed by atoms with E-state index < -0.39 is 5.69 Å². The van der Waals surface area contributed by atoms with E-state index in [9.17, 15) is 9.59 Å². The molecule has 7 aromatic carbocycles. The van der Waals surface area contributed by atoms with Gasteiger partial charge in [-0.05, 0) is 100 Å². The predicted octanol–water partition coefficient (Wildman–Crippen LogP) is 10.6. The number of rotatable bonds is 6. The van der Waals surface area contributed by atoms with Crippen molar-refractivity contribution in [1.29, 1.82) is 0 Å². The number of para-hydroxylation sites is 2. The van der Waals surface area contributed by atoms with Gasteiger partial charge in [-0.3, -0.25) is 9.36 Å². The zero-order valence-electron chi connectivity index (χ0n) is 28.9. The highest BCUT2D eigenvalue weighted by Gasteiger charge is 2.35. The lowest BCUT2D eigenvalue weighted by Crippen LogP contribution is -2.38. The molecule has 1 aliphatic carbocycles. The molecule has 0 aliphatic heterocycles. The largest absolute Gasteiger partial charge is 0.340 e. The summed E-state index contributed by atoms with van der Waals surface area (Å²) < 4.78 is 2.90. The molecule has 250 valence electrons. The van der Waals surface area contributed by atoms with Crippen LogP contribution in [0.3, 0.4) is 0 Å². The minimum absolute atomic E-state index is 0.191. The van der Waals surface area contributed by atoms with Gasteiger partial charge in [-0.25, -0.2) is 9.36 Å². The first-order valence-electron chi connectivity index (χ1n) is 17.5. The topological polar surface area (TPSA) is 47.2 Å². The number of hydrogen-bond donors (Lipinski definition) is 0. The monoisotopic (exact) mass is 673 g/mol. The van der Waals surface area contributed by atoms with Crippen molar-refractivity contribution >= 4 is 28.0 Å². The van der Waals surface area contributed by atoms with Gasteiger partial charge >= 0.3 is 5.69 Å². The van der Waals surface area contributed by atoms with E-state index in [1.807, 2.05) is 84.9 Å². The summed E-state index contributed by atoms with van der Waals surface area (Å²) in [6, 6.07) is 58.7. The molecule has 0 bridgehead atoms. The van der Waals surface area contributed by atoms with E-state index in [1.165, 1.54) is 26.8 Å². The lowest BCUT2D eigenvalue weighted by molar-refractivity contribution is 0.660. The second-order valence-corrected chi connectivity index (χ2v) is 13.8.